The highest BCUT2D eigenvalue weighted by Gasteiger charge is 2.34. The van der Waals surface area contributed by atoms with Gasteiger partial charge in [-0.3, -0.25) is 4.79 Å². The summed E-state index contributed by atoms with van der Waals surface area (Å²) in [6.07, 6.45) is 0.706. The average Bonchev–Trinajstić information content (AvgIpc) is 2.85. The van der Waals surface area contributed by atoms with Gasteiger partial charge in [0.1, 0.15) is 17.7 Å². The predicted molar refractivity (Wildman–Crippen MR) is 88.8 cm³/mol. The minimum atomic E-state index is -0.265. The Labute approximate surface area is 138 Å². The largest absolute Gasteiger partial charge is 0.353 e. The lowest BCUT2D eigenvalue weighted by atomic mass is 10.0. The van der Waals surface area contributed by atoms with Gasteiger partial charge in [-0.1, -0.05) is 29.8 Å². The van der Waals surface area contributed by atoms with Gasteiger partial charge in [-0.25, -0.2) is 0 Å². The molecule has 0 fully saturated rings. The number of benzene rings is 1. The van der Waals surface area contributed by atoms with Gasteiger partial charge >= 0.3 is 0 Å². The zero-order valence-corrected chi connectivity index (χ0v) is 13.8. The van der Waals surface area contributed by atoms with E-state index in [1.807, 2.05) is 24.3 Å². The van der Waals surface area contributed by atoms with E-state index in [9.17, 15) is 4.79 Å². The predicted octanol–water partition coefficient (Wildman–Crippen LogP) is 1.83. The molecule has 2 aliphatic heterocycles. The highest BCUT2D eigenvalue weighted by Crippen LogP contribution is 2.39. The number of amides is 1. The molecule has 0 spiro atoms. The molecule has 1 unspecified atom stereocenters. The van der Waals surface area contributed by atoms with Gasteiger partial charge in [-0.15, -0.1) is 11.3 Å². The third-order valence-electron chi connectivity index (χ3n) is 4.35. The molecule has 2 aromatic rings. The van der Waals surface area contributed by atoms with E-state index in [1.54, 1.807) is 11.3 Å². The van der Waals surface area contributed by atoms with E-state index in [0.717, 1.165) is 35.6 Å². The molecule has 0 radical (unpaired) electrons. The summed E-state index contributed by atoms with van der Waals surface area (Å²) in [6, 6.07) is 7.61. The molecule has 22 heavy (non-hydrogen) atoms. The number of halogens is 1. The summed E-state index contributed by atoms with van der Waals surface area (Å²) in [7, 11) is 2.20. The van der Waals surface area contributed by atoms with E-state index in [2.05, 4.69) is 17.7 Å². The van der Waals surface area contributed by atoms with Crippen LogP contribution in [0, 0.1) is 0 Å². The van der Waals surface area contributed by atoms with Gasteiger partial charge in [-0.2, -0.15) is 0 Å². The van der Waals surface area contributed by atoms with Crippen molar-refractivity contribution in [3.63, 3.8) is 0 Å². The van der Waals surface area contributed by atoms with Crippen molar-refractivity contribution in [3.8, 4) is 0 Å². The summed E-state index contributed by atoms with van der Waals surface area (Å²) < 4.78 is 0. The quantitative estimate of drug-likeness (QED) is 0.745. The Bertz CT molecular complexity index is 758. The Hall–Kier alpha value is -1.56. The van der Waals surface area contributed by atoms with Gasteiger partial charge in [0.2, 0.25) is 0 Å². The standard InChI is InChI=1S/C16H16ClN3OS/c1-20-7-6-10-12(8-20)22-16-13(10)15(21)18-14(19-16)9-4-2-3-5-11(9)17/h2-5,14,19H,6-8H2,1H3,(H,18,21)/p+1/t14-/m1/s1. The van der Waals surface area contributed by atoms with Gasteiger partial charge in [0.05, 0.1) is 24.0 Å². The highest BCUT2D eigenvalue weighted by molar-refractivity contribution is 7.16. The molecule has 0 saturated heterocycles. The molecule has 0 bridgehead atoms. The Morgan fingerprint density at radius 3 is 2.95 bits per heavy atom. The molecular formula is C16H17ClN3OS+. The van der Waals surface area contributed by atoms with Crippen LogP contribution in [0.15, 0.2) is 24.3 Å². The molecule has 114 valence electrons. The van der Waals surface area contributed by atoms with Gasteiger partial charge in [0, 0.05) is 17.0 Å². The number of likely N-dealkylation sites (N-methyl/N-ethyl adjacent to an activating group) is 1. The summed E-state index contributed by atoms with van der Waals surface area (Å²) in [5, 5.41) is 8.13. The summed E-state index contributed by atoms with van der Waals surface area (Å²) >= 11 is 7.98. The molecule has 0 aliphatic carbocycles. The fraction of sp³-hybridized carbons (Fsp3) is 0.312. The number of anilines is 1. The van der Waals surface area contributed by atoms with Gasteiger partial charge < -0.3 is 15.5 Å². The lowest BCUT2D eigenvalue weighted by Gasteiger charge is -2.27. The third-order valence-corrected chi connectivity index (χ3v) is 5.86. The van der Waals surface area contributed by atoms with Crippen molar-refractivity contribution >= 4 is 33.8 Å². The monoisotopic (exact) mass is 334 g/mol. The van der Waals surface area contributed by atoms with Crippen molar-refractivity contribution in [1.29, 1.82) is 0 Å². The number of quaternary nitrogens is 1. The SMILES string of the molecule is C[NH+]1CCc2c(sc3c2C(=O)N[C@@H](c2ccccc2Cl)N3)C1. The minimum absolute atomic E-state index is 0.00993. The van der Waals surface area contributed by atoms with Crippen LogP contribution < -0.4 is 15.5 Å². The molecule has 1 aromatic heterocycles. The van der Waals surface area contributed by atoms with Gasteiger partial charge in [0.25, 0.3) is 5.91 Å². The summed E-state index contributed by atoms with van der Waals surface area (Å²) in [6.45, 7) is 2.08. The maximum absolute atomic E-state index is 12.6. The number of carbonyl (C=O) groups excluding carboxylic acids is 1. The zero-order chi connectivity index (χ0) is 15.3. The lowest BCUT2D eigenvalue weighted by Crippen LogP contribution is -3.08. The Balaban J connectivity index is 1.73. The van der Waals surface area contributed by atoms with Crippen LogP contribution in [0.1, 0.15) is 32.5 Å². The summed E-state index contributed by atoms with van der Waals surface area (Å²) in [5.74, 6) is 0.00993. The van der Waals surface area contributed by atoms with Crippen LogP contribution >= 0.6 is 22.9 Å². The Morgan fingerprint density at radius 2 is 2.14 bits per heavy atom. The smallest absolute Gasteiger partial charge is 0.256 e. The van der Waals surface area contributed by atoms with E-state index in [1.165, 1.54) is 15.3 Å². The maximum atomic E-state index is 12.6. The highest BCUT2D eigenvalue weighted by atomic mass is 35.5. The van der Waals surface area contributed by atoms with Crippen LogP contribution in [0.4, 0.5) is 5.00 Å². The first-order valence-corrected chi connectivity index (χ1v) is 8.60. The van der Waals surface area contributed by atoms with Crippen LogP contribution in [-0.2, 0) is 13.0 Å². The van der Waals surface area contributed by atoms with Crippen LogP contribution in [0.5, 0.6) is 0 Å². The Morgan fingerprint density at radius 1 is 1.32 bits per heavy atom. The molecule has 2 aliphatic rings. The maximum Gasteiger partial charge on any atom is 0.256 e. The van der Waals surface area contributed by atoms with Crippen molar-refractivity contribution in [1.82, 2.24) is 5.32 Å². The second kappa shape index (κ2) is 5.26. The van der Waals surface area contributed by atoms with Gasteiger partial charge in [0.15, 0.2) is 0 Å². The van der Waals surface area contributed by atoms with Crippen molar-refractivity contribution in [2.45, 2.75) is 19.1 Å². The molecule has 1 amide bonds. The number of hydrogen-bond acceptors (Lipinski definition) is 3. The molecule has 0 saturated carbocycles. The number of nitrogens with one attached hydrogen (secondary N) is 3. The second-order valence-corrected chi connectivity index (χ2v) is 7.43. The number of hydrogen-bond donors (Lipinski definition) is 3. The molecule has 1 aromatic carbocycles. The van der Waals surface area contributed by atoms with Crippen molar-refractivity contribution in [2.75, 3.05) is 18.9 Å². The first kappa shape index (κ1) is 14.1. The molecule has 3 N–H and O–H groups in total. The second-order valence-electron chi connectivity index (χ2n) is 5.91. The summed E-state index contributed by atoms with van der Waals surface area (Å²) in [4.78, 5) is 15.4. The zero-order valence-electron chi connectivity index (χ0n) is 12.2. The van der Waals surface area contributed by atoms with Gasteiger partial charge in [-0.05, 0) is 11.6 Å². The molecule has 6 heteroatoms. The third kappa shape index (κ3) is 2.20. The molecule has 4 rings (SSSR count). The number of thiophene rings is 1. The lowest BCUT2D eigenvalue weighted by molar-refractivity contribution is -0.895. The number of fused-ring (bicyclic) bond motifs is 3. The van der Waals surface area contributed by atoms with Crippen LogP contribution in [0.2, 0.25) is 5.02 Å². The van der Waals surface area contributed by atoms with E-state index < -0.39 is 0 Å². The van der Waals surface area contributed by atoms with Crippen molar-refractivity contribution in [2.24, 2.45) is 0 Å². The molecule has 2 atom stereocenters. The fourth-order valence-corrected chi connectivity index (χ4v) is 4.83. The van der Waals surface area contributed by atoms with Crippen LogP contribution in [-0.4, -0.2) is 19.5 Å². The number of rotatable bonds is 1. The number of carbonyl (C=O) groups is 1. The summed E-state index contributed by atoms with van der Waals surface area (Å²) in [5.41, 5.74) is 2.97. The first-order chi connectivity index (χ1) is 10.6. The van der Waals surface area contributed by atoms with E-state index >= 15 is 0 Å². The van der Waals surface area contributed by atoms with Crippen LogP contribution in [0.25, 0.3) is 0 Å². The first-order valence-electron chi connectivity index (χ1n) is 7.41. The van der Waals surface area contributed by atoms with Crippen molar-refractivity contribution < 1.29 is 9.69 Å². The minimum Gasteiger partial charge on any atom is -0.353 e. The fourth-order valence-electron chi connectivity index (χ4n) is 3.20. The molecule has 3 heterocycles. The normalized spacial score (nSPS) is 23.3. The van der Waals surface area contributed by atoms with Crippen LogP contribution in [0.3, 0.4) is 0 Å². The van der Waals surface area contributed by atoms with E-state index in [-0.39, 0.29) is 12.1 Å². The molecule has 4 nitrogen and oxygen atoms in total. The topological polar surface area (TPSA) is 45.6 Å². The molecular weight excluding hydrogens is 318 g/mol. The Kier molecular flexibility index (Phi) is 3.36. The van der Waals surface area contributed by atoms with E-state index in [4.69, 9.17) is 11.6 Å². The van der Waals surface area contributed by atoms with Crippen molar-refractivity contribution in [3.05, 3.63) is 50.9 Å². The average molecular weight is 335 g/mol. The van der Waals surface area contributed by atoms with E-state index in [0.29, 0.717) is 5.02 Å².